The Kier molecular flexibility index (Phi) is 5.65. The Morgan fingerprint density at radius 3 is 2.63 bits per heavy atom. The maximum atomic E-state index is 13.3. The van der Waals surface area contributed by atoms with Crippen LogP contribution in [0.25, 0.3) is 33.3 Å². The molecule has 35 heavy (non-hydrogen) atoms. The Bertz CT molecular complexity index is 1700. The van der Waals surface area contributed by atoms with Crippen LogP contribution in [0.4, 0.5) is 0 Å². The number of hydrogen-bond acceptors (Lipinski definition) is 4. The molecule has 0 spiro atoms. The zero-order chi connectivity index (χ0) is 24.9. The van der Waals surface area contributed by atoms with Crippen molar-refractivity contribution in [2.75, 3.05) is 0 Å². The average molecular weight is 487 g/mol. The monoisotopic (exact) mass is 486 g/mol. The van der Waals surface area contributed by atoms with Crippen molar-refractivity contribution in [1.29, 1.82) is 0 Å². The number of rotatable bonds is 5. The Hall–Kier alpha value is -3.97. The lowest BCUT2D eigenvalue weighted by Gasteiger charge is -2.12. The molecule has 3 aromatic heterocycles. The number of nitrogens with zero attached hydrogens (tertiary/aromatic N) is 3. The molecule has 0 bridgehead atoms. The number of aromatic carboxylic acids is 1. The van der Waals surface area contributed by atoms with Gasteiger partial charge in [0, 0.05) is 28.6 Å². The number of imidazole rings is 1. The lowest BCUT2D eigenvalue weighted by molar-refractivity contribution is 0.0697. The highest BCUT2D eigenvalue weighted by Gasteiger charge is 2.19. The van der Waals surface area contributed by atoms with Crippen molar-refractivity contribution in [3.05, 3.63) is 92.0 Å². The number of aryl methyl sites for hydroxylation is 3. The van der Waals surface area contributed by atoms with Crippen LogP contribution in [-0.4, -0.2) is 30.6 Å². The van der Waals surface area contributed by atoms with Crippen LogP contribution in [0.1, 0.15) is 39.9 Å². The molecule has 2 aromatic carbocycles. The Morgan fingerprint density at radius 1 is 1.11 bits per heavy atom. The number of halogens is 1. The third-order valence-corrected chi connectivity index (χ3v) is 6.55. The highest BCUT2D eigenvalue weighted by atomic mass is 35.5. The van der Waals surface area contributed by atoms with Gasteiger partial charge in [-0.1, -0.05) is 42.8 Å². The molecule has 0 fully saturated rings. The first-order chi connectivity index (χ1) is 16.8. The molecule has 8 heteroatoms. The first-order valence-electron chi connectivity index (χ1n) is 11.3. The fourth-order valence-electron chi connectivity index (χ4n) is 4.55. The molecule has 5 rings (SSSR count). The van der Waals surface area contributed by atoms with Crippen LogP contribution in [0.3, 0.4) is 0 Å². The van der Waals surface area contributed by atoms with Crippen LogP contribution >= 0.6 is 11.6 Å². The van der Waals surface area contributed by atoms with Crippen molar-refractivity contribution >= 4 is 39.6 Å². The maximum absolute atomic E-state index is 13.3. The Balaban J connectivity index is 1.63. The quantitative estimate of drug-likeness (QED) is 0.340. The summed E-state index contributed by atoms with van der Waals surface area (Å²) in [5.74, 6) is -0.166. The van der Waals surface area contributed by atoms with Crippen LogP contribution < -0.4 is 5.43 Å². The van der Waals surface area contributed by atoms with Crippen LogP contribution in [-0.2, 0) is 13.0 Å². The minimum atomic E-state index is -1.09. The number of hydrogen-bond donors (Lipinski definition) is 2. The van der Waals surface area contributed by atoms with E-state index in [1.165, 1.54) is 6.07 Å². The molecule has 5 aromatic rings. The number of aromatic nitrogens is 4. The van der Waals surface area contributed by atoms with E-state index < -0.39 is 5.97 Å². The number of carboxylic acid groups (broad SMARTS) is 1. The number of nitrogens with one attached hydrogen (secondary N) is 1. The van der Waals surface area contributed by atoms with Crippen molar-refractivity contribution < 1.29 is 9.90 Å². The third-order valence-electron chi connectivity index (χ3n) is 6.19. The van der Waals surface area contributed by atoms with E-state index in [0.29, 0.717) is 28.7 Å². The van der Waals surface area contributed by atoms with Gasteiger partial charge in [-0.3, -0.25) is 4.79 Å². The number of benzene rings is 2. The first kappa shape index (κ1) is 22.8. The van der Waals surface area contributed by atoms with Gasteiger partial charge in [-0.05, 0) is 49.2 Å². The summed E-state index contributed by atoms with van der Waals surface area (Å²) in [6.45, 7) is 6.56. The Labute approximate surface area is 206 Å². The molecular weight excluding hydrogens is 464 g/mol. The standard InChI is InChI=1S/C27H23ClN4O3/c1-4-21-31-23-14(2)11-15(3)29-26(23)32(21)13-16-9-10-20-19(12-16)25(33)22(28)24(30-20)17-7-5-6-8-18(17)27(34)35/h5-12H,4,13H2,1-3H3,(H,30,33)(H,34,35). The lowest BCUT2D eigenvalue weighted by Crippen LogP contribution is -2.10. The summed E-state index contributed by atoms with van der Waals surface area (Å²) in [5.41, 5.74) is 5.57. The molecule has 2 N–H and O–H groups in total. The molecule has 0 unspecified atom stereocenters. The fraction of sp³-hybridized carbons (Fsp3) is 0.185. The third kappa shape index (κ3) is 3.88. The smallest absolute Gasteiger partial charge is 0.336 e. The van der Waals surface area contributed by atoms with Crippen molar-refractivity contribution in [3.8, 4) is 11.3 Å². The van der Waals surface area contributed by atoms with Gasteiger partial charge in [0.05, 0.1) is 17.8 Å². The molecule has 0 saturated carbocycles. The first-order valence-corrected chi connectivity index (χ1v) is 11.7. The average Bonchev–Trinajstić information content (AvgIpc) is 3.19. The summed E-state index contributed by atoms with van der Waals surface area (Å²) >= 11 is 6.48. The van der Waals surface area contributed by atoms with E-state index in [0.717, 1.165) is 40.2 Å². The minimum absolute atomic E-state index is 0.0430. The summed E-state index contributed by atoms with van der Waals surface area (Å²) in [6.07, 6.45) is 0.751. The largest absolute Gasteiger partial charge is 0.478 e. The number of fused-ring (bicyclic) bond motifs is 2. The SMILES string of the molecule is CCc1nc2c(C)cc(C)nc2n1Cc1ccc2[nH]c(-c3ccccc3C(=O)O)c(Cl)c(=O)c2c1. The Morgan fingerprint density at radius 2 is 1.89 bits per heavy atom. The van der Waals surface area contributed by atoms with Crippen LogP contribution in [0, 0.1) is 13.8 Å². The van der Waals surface area contributed by atoms with Gasteiger partial charge in [0.15, 0.2) is 5.65 Å². The zero-order valence-electron chi connectivity index (χ0n) is 19.5. The van der Waals surface area contributed by atoms with E-state index in [-0.39, 0.29) is 16.0 Å². The number of H-pyrrole nitrogens is 1. The molecule has 7 nitrogen and oxygen atoms in total. The zero-order valence-corrected chi connectivity index (χ0v) is 20.3. The van der Waals surface area contributed by atoms with Gasteiger partial charge in [0.25, 0.3) is 0 Å². The second kappa shape index (κ2) is 8.67. The molecule has 0 aliphatic heterocycles. The number of carbonyl (C=O) groups is 1. The van der Waals surface area contributed by atoms with E-state index >= 15 is 0 Å². The summed E-state index contributed by atoms with van der Waals surface area (Å²) in [7, 11) is 0. The predicted octanol–water partition coefficient (Wildman–Crippen LogP) is 5.52. The number of pyridine rings is 2. The molecule has 0 aliphatic rings. The van der Waals surface area contributed by atoms with E-state index in [2.05, 4.69) is 16.5 Å². The molecule has 0 aliphatic carbocycles. The van der Waals surface area contributed by atoms with E-state index in [1.54, 1.807) is 18.2 Å². The molecule has 176 valence electrons. The topological polar surface area (TPSA) is 101 Å². The number of aromatic amines is 1. The summed E-state index contributed by atoms with van der Waals surface area (Å²) in [5, 5.41) is 9.96. The second-order valence-electron chi connectivity index (χ2n) is 8.59. The van der Waals surface area contributed by atoms with Gasteiger partial charge >= 0.3 is 5.97 Å². The van der Waals surface area contributed by atoms with Crippen molar-refractivity contribution in [1.82, 2.24) is 19.5 Å². The van der Waals surface area contributed by atoms with Gasteiger partial charge in [-0.15, -0.1) is 0 Å². The number of carboxylic acids is 1. The molecular formula is C27H23ClN4O3. The lowest BCUT2D eigenvalue weighted by atomic mass is 10.0. The fourth-order valence-corrected chi connectivity index (χ4v) is 4.80. The van der Waals surface area contributed by atoms with Crippen LogP contribution in [0.15, 0.2) is 53.3 Å². The minimum Gasteiger partial charge on any atom is -0.478 e. The molecule has 0 saturated heterocycles. The van der Waals surface area contributed by atoms with Crippen molar-refractivity contribution in [2.24, 2.45) is 0 Å². The molecule has 0 amide bonds. The predicted molar refractivity (Wildman–Crippen MR) is 137 cm³/mol. The maximum Gasteiger partial charge on any atom is 0.336 e. The summed E-state index contributed by atoms with van der Waals surface area (Å²) < 4.78 is 2.09. The van der Waals surface area contributed by atoms with E-state index in [4.69, 9.17) is 21.6 Å². The highest BCUT2D eigenvalue weighted by Crippen LogP contribution is 2.29. The van der Waals surface area contributed by atoms with Crippen LogP contribution in [0.5, 0.6) is 0 Å². The summed E-state index contributed by atoms with van der Waals surface area (Å²) in [6, 6.07) is 14.1. The highest BCUT2D eigenvalue weighted by molar-refractivity contribution is 6.33. The second-order valence-corrected chi connectivity index (χ2v) is 8.97. The molecule has 3 heterocycles. The van der Waals surface area contributed by atoms with Crippen LogP contribution in [0.2, 0.25) is 5.02 Å². The molecule has 0 atom stereocenters. The van der Waals surface area contributed by atoms with Gasteiger partial charge in [-0.25, -0.2) is 14.8 Å². The normalized spacial score (nSPS) is 11.4. The van der Waals surface area contributed by atoms with Gasteiger partial charge in [-0.2, -0.15) is 0 Å². The van der Waals surface area contributed by atoms with E-state index in [1.807, 2.05) is 38.1 Å². The van der Waals surface area contributed by atoms with Gasteiger partial charge < -0.3 is 14.7 Å². The molecule has 0 radical (unpaired) electrons. The van der Waals surface area contributed by atoms with Gasteiger partial charge in [0.1, 0.15) is 16.4 Å². The van der Waals surface area contributed by atoms with Crippen molar-refractivity contribution in [3.63, 3.8) is 0 Å². The summed E-state index contributed by atoms with van der Waals surface area (Å²) in [4.78, 5) is 37.6. The van der Waals surface area contributed by atoms with Gasteiger partial charge in [0.2, 0.25) is 5.43 Å². The van der Waals surface area contributed by atoms with Crippen molar-refractivity contribution in [2.45, 2.75) is 33.7 Å². The van der Waals surface area contributed by atoms with E-state index in [9.17, 15) is 14.7 Å².